The van der Waals surface area contributed by atoms with Crippen LogP contribution >= 0.6 is 0 Å². The van der Waals surface area contributed by atoms with Gasteiger partial charge in [-0.05, 0) is 55.6 Å². The van der Waals surface area contributed by atoms with Gasteiger partial charge in [-0.3, -0.25) is 9.69 Å². The van der Waals surface area contributed by atoms with Crippen LogP contribution in [0.4, 0.5) is 0 Å². The van der Waals surface area contributed by atoms with E-state index in [0.29, 0.717) is 24.7 Å². The summed E-state index contributed by atoms with van der Waals surface area (Å²) in [5.41, 5.74) is 2.11. The number of carbonyl (C=O) groups excluding carboxylic acids is 1. The summed E-state index contributed by atoms with van der Waals surface area (Å²) in [5.74, 6) is 1.51. The largest absolute Gasteiger partial charge is 0.493 e. The summed E-state index contributed by atoms with van der Waals surface area (Å²) in [6.45, 7) is 5.15. The van der Waals surface area contributed by atoms with E-state index < -0.39 is 0 Å². The van der Waals surface area contributed by atoms with E-state index in [1.54, 1.807) is 7.11 Å². The molecule has 1 fully saturated rings. The van der Waals surface area contributed by atoms with Gasteiger partial charge in [0.15, 0.2) is 11.5 Å². The Morgan fingerprint density at radius 2 is 1.93 bits per heavy atom. The van der Waals surface area contributed by atoms with E-state index in [1.165, 1.54) is 6.42 Å². The molecule has 5 heteroatoms. The Hall–Kier alpha value is -2.53. The molecule has 3 rings (SSSR count). The van der Waals surface area contributed by atoms with Gasteiger partial charge in [0.05, 0.1) is 13.2 Å². The van der Waals surface area contributed by atoms with E-state index in [1.807, 2.05) is 48.5 Å². The molecule has 0 spiro atoms. The average Bonchev–Trinajstić information content (AvgIpc) is 2.77. The Bertz CT molecular complexity index is 777. The van der Waals surface area contributed by atoms with E-state index >= 15 is 0 Å². The van der Waals surface area contributed by atoms with Crippen molar-refractivity contribution in [3.63, 3.8) is 0 Å². The van der Waals surface area contributed by atoms with E-state index in [4.69, 9.17) is 9.47 Å². The Balaban J connectivity index is 1.57. The first-order chi connectivity index (χ1) is 14.2. The third kappa shape index (κ3) is 5.97. The maximum Gasteiger partial charge on any atom is 0.237 e. The number of ether oxygens (including phenoxy) is 2. The summed E-state index contributed by atoms with van der Waals surface area (Å²) in [7, 11) is 1.64. The first-order valence-electron chi connectivity index (χ1n) is 10.6. The fraction of sp³-hybridized carbons (Fsp3) is 0.458. The van der Waals surface area contributed by atoms with Gasteiger partial charge in [0, 0.05) is 6.54 Å². The minimum atomic E-state index is -0.000857. The zero-order valence-corrected chi connectivity index (χ0v) is 17.5. The molecule has 5 nitrogen and oxygen atoms in total. The van der Waals surface area contributed by atoms with Crippen LogP contribution in [-0.4, -0.2) is 37.0 Å². The van der Waals surface area contributed by atoms with Gasteiger partial charge in [0.1, 0.15) is 6.61 Å². The maximum absolute atomic E-state index is 12.7. The minimum Gasteiger partial charge on any atom is -0.493 e. The number of hydrogen-bond donors (Lipinski definition) is 1. The third-order valence-electron chi connectivity index (χ3n) is 5.36. The van der Waals surface area contributed by atoms with Gasteiger partial charge in [-0.1, -0.05) is 49.7 Å². The SMILES string of the molecule is CCCN1CCCCC1C(=O)NCc1ccc(OCc2ccccc2)c(OC)c1. The molecular weight excluding hydrogens is 364 g/mol. The molecule has 1 amide bonds. The van der Waals surface area contributed by atoms with Crippen molar-refractivity contribution in [2.75, 3.05) is 20.2 Å². The zero-order valence-electron chi connectivity index (χ0n) is 17.5. The molecule has 1 heterocycles. The molecular formula is C24H32N2O3. The first-order valence-corrected chi connectivity index (χ1v) is 10.6. The van der Waals surface area contributed by atoms with Crippen molar-refractivity contribution in [3.8, 4) is 11.5 Å². The highest BCUT2D eigenvalue weighted by Gasteiger charge is 2.27. The molecule has 0 aromatic heterocycles. The predicted molar refractivity (Wildman–Crippen MR) is 115 cm³/mol. The van der Waals surface area contributed by atoms with Crippen LogP contribution in [0.2, 0.25) is 0 Å². The first kappa shape index (κ1) is 21.2. The number of benzene rings is 2. The molecule has 1 aliphatic heterocycles. The van der Waals surface area contributed by atoms with Gasteiger partial charge < -0.3 is 14.8 Å². The fourth-order valence-electron chi connectivity index (χ4n) is 3.83. The van der Waals surface area contributed by atoms with E-state index in [0.717, 1.165) is 43.5 Å². The number of piperidine rings is 1. The molecule has 0 saturated carbocycles. The highest BCUT2D eigenvalue weighted by Crippen LogP contribution is 2.29. The number of rotatable bonds is 9. The number of nitrogens with one attached hydrogen (secondary N) is 1. The van der Waals surface area contributed by atoms with E-state index in [9.17, 15) is 4.79 Å². The molecule has 1 unspecified atom stereocenters. The second kappa shape index (κ2) is 10.9. The van der Waals surface area contributed by atoms with Crippen molar-refractivity contribution in [2.45, 2.75) is 51.8 Å². The summed E-state index contributed by atoms with van der Waals surface area (Å²) in [6, 6.07) is 15.9. The van der Waals surface area contributed by atoms with Crippen LogP contribution < -0.4 is 14.8 Å². The number of carbonyl (C=O) groups is 1. The van der Waals surface area contributed by atoms with Gasteiger partial charge in [-0.15, -0.1) is 0 Å². The fourth-order valence-corrected chi connectivity index (χ4v) is 3.83. The summed E-state index contributed by atoms with van der Waals surface area (Å²) >= 11 is 0. The van der Waals surface area contributed by atoms with Crippen LogP contribution in [0, 0.1) is 0 Å². The van der Waals surface area contributed by atoms with Crippen LogP contribution in [0.5, 0.6) is 11.5 Å². The molecule has 0 radical (unpaired) electrons. The average molecular weight is 397 g/mol. The van der Waals surface area contributed by atoms with E-state index in [2.05, 4.69) is 17.1 Å². The summed E-state index contributed by atoms with van der Waals surface area (Å²) in [6.07, 6.45) is 4.33. The topological polar surface area (TPSA) is 50.8 Å². The molecule has 0 bridgehead atoms. The smallest absolute Gasteiger partial charge is 0.237 e. The van der Waals surface area contributed by atoms with Crippen molar-refractivity contribution in [1.29, 1.82) is 0 Å². The van der Waals surface area contributed by atoms with Crippen molar-refractivity contribution in [2.24, 2.45) is 0 Å². The standard InChI is InChI=1S/C24H32N2O3/c1-3-14-26-15-8-7-11-21(26)24(27)25-17-20-12-13-22(23(16-20)28-2)29-18-19-9-5-4-6-10-19/h4-6,9-10,12-13,16,21H,3,7-8,11,14-15,17-18H2,1-2H3,(H,25,27). The third-order valence-corrected chi connectivity index (χ3v) is 5.36. The minimum absolute atomic E-state index is 0.000857. The Labute approximate surface area is 174 Å². The number of nitrogens with zero attached hydrogens (tertiary/aromatic N) is 1. The van der Waals surface area contributed by atoms with Crippen LogP contribution in [0.25, 0.3) is 0 Å². The molecule has 29 heavy (non-hydrogen) atoms. The van der Waals surface area contributed by atoms with Gasteiger partial charge >= 0.3 is 0 Å². The van der Waals surface area contributed by atoms with Crippen LogP contribution in [0.15, 0.2) is 48.5 Å². The lowest BCUT2D eigenvalue weighted by Gasteiger charge is -2.34. The quantitative estimate of drug-likeness (QED) is 0.692. The van der Waals surface area contributed by atoms with Gasteiger partial charge in [-0.2, -0.15) is 0 Å². The molecule has 0 aliphatic carbocycles. The molecule has 1 atom stereocenters. The highest BCUT2D eigenvalue weighted by molar-refractivity contribution is 5.81. The van der Waals surface area contributed by atoms with Gasteiger partial charge in [-0.25, -0.2) is 0 Å². The zero-order chi connectivity index (χ0) is 20.5. The van der Waals surface area contributed by atoms with Crippen molar-refractivity contribution >= 4 is 5.91 Å². The lowest BCUT2D eigenvalue weighted by Crippen LogP contribution is -2.49. The monoisotopic (exact) mass is 396 g/mol. The van der Waals surface area contributed by atoms with Crippen molar-refractivity contribution < 1.29 is 14.3 Å². The van der Waals surface area contributed by atoms with Crippen molar-refractivity contribution in [1.82, 2.24) is 10.2 Å². The molecule has 1 saturated heterocycles. The van der Waals surface area contributed by atoms with Crippen LogP contribution in [-0.2, 0) is 17.9 Å². The summed E-state index contributed by atoms with van der Waals surface area (Å²) in [4.78, 5) is 15.0. The van der Waals surface area contributed by atoms with Crippen LogP contribution in [0.3, 0.4) is 0 Å². The molecule has 2 aromatic rings. The summed E-state index contributed by atoms with van der Waals surface area (Å²) < 4.78 is 11.4. The molecule has 1 N–H and O–H groups in total. The number of likely N-dealkylation sites (tertiary alicyclic amines) is 1. The lowest BCUT2D eigenvalue weighted by molar-refractivity contribution is -0.127. The number of hydrogen-bond acceptors (Lipinski definition) is 4. The molecule has 2 aromatic carbocycles. The predicted octanol–water partition coefficient (Wildman–Crippen LogP) is 4.15. The number of amides is 1. The Kier molecular flexibility index (Phi) is 7.94. The second-order valence-electron chi connectivity index (χ2n) is 7.52. The van der Waals surface area contributed by atoms with Crippen LogP contribution in [0.1, 0.15) is 43.7 Å². The van der Waals surface area contributed by atoms with Crippen molar-refractivity contribution in [3.05, 3.63) is 59.7 Å². The molecule has 156 valence electrons. The normalized spacial score (nSPS) is 17.0. The van der Waals surface area contributed by atoms with E-state index in [-0.39, 0.29) is 11.9 Å². The lowest BCUT2D eigenvalue weighted by atomic mass is 10.0. The molecule has 1 aliphatic rings. The summed E-state index contributed by atoms with van der Waals surface area (Å²) in [5, 5.41) is 3.11. The highest BCUT2D eigenvalue weighted by atomic mass is 16.5. The maximum atomic E-state index is 12.7. The Morgan fingerprint density at radius 3 is 2.69 bits per heavy atom. The Morgan fingerprint density at radius 1 is 1.10 bits per heavy atom. The van der Waals surface area contributed by atoms with Gasteiger partial charge in [0.25, 0.3) is 0 Å². The van der Waals surface area contributed by atoms with Gasteiger partial charge in [0.2, 0.25) is 5.91 Å². The number of methoxy groups -OCH3 is 1. The second-order valence-corrected chi connectivity index (χ2v) is 7.52.